The molecule has 0 aliphatic carbocycles. The van der Waals surface area contributed by atoms with Crippen LogP contribution in [0.5, 0.6) is 17.2 Å². The lowest BCUT2D eigenvalue weighted by molar-refractivity contribution is 0.265. The lowest BCUT2D eigenvalue weighted by atomic mass is 10.1. The molecular formula is C16H19NO3. The molecule has 0 spiro atoms. The van der Waals surface area contributed by atoms with Crippen molar-refractivity contribution in [3.05, 3.63) is 54.1 Å². The average Bonchev–Trinajstić information content (AvgIpc) is 2.50. The fourth-order valence-electron chi connectivity index (χ4n) is 1.84. The molecule has 2 aromatic rings. The van der Waals surface area contributed by atoms with Crippen molar-refractivity contribution in [2.75, 3.05) is 13.7 Å². The van der Waals surface area contributed by atoms with E-state index in [1.165, 1.54) is 0 Å². The van der Waals surface area contributed by atoms with E-state index in [1.54, 1.807) is 7.11 Å². The SMILES string of the molecule is COc1ccc(Oc2ccc(CC(N)CO)cc2)cc1. The molecule has 1 atom stereocenters. The van der Waals surface area contributed by atoms with Crippen LogP contribution in [0.15, 0.2) is 48.5 Å². The highest BCUT2D eigenvalue weighted by molar-refractivity contribution is 5.36. The third kappa shape index (κ3) is 3.98. The van der Waals surface area contributed by atoms with Gasteiger partial charge < -0.3 is 20.3 Å². The Kier molecular flexibility index (Phi) is 4.98. The van der Waals surface area contributed by atoms with Gasteiger partial charge in [0.1, 0.15) is 17.2 Å². The van der Waals surface area contributed by atoms with Crippen LogP contribution in [0.2, 0.25) is 0 Å². The highest BCUT2D eigenvalue weighted by Gasteiger charge is 2.03. The van der Waals surface area contributed by atoms with E-state index >= 15 is 0 Å². The number of methoxy groups -OCH3 is 1. The van der Waals surface area contributed by atoms with Gasteiger partial charge in [0.2, 0.25) is 0 Å². The van der Waals surface area contributed by atoms with Gasteiger partial charge in [-0.15, -0.1) is 0 Å². The highest BCUT2D eigenvalue weighted by atomic mass is 16.5. The van der Waals surface area contributed by atoms with Crippen molar-refractivity contribution >= 4 is 0 Å². The van der Waals surface area contributed by atoms with Crippen LogP contribution in [0.4, 0.5) is 0 Å². The number of aliphatic hydroxyl groups is 1. The van der Waals surface area contributed by atoms with Crippen LogP contribution >= 0.6 is 0 Å². The van der Waals surface area contributed by atoms with Crippen LogP contribution in [0.1, 0.15) is 5.56 Å². The Labute approximate surface area is 118 Å². The first-order chi connectivity index (χ1) is 9.71. The molecule has 0 aromatic heterocycles. The molecule has 1 unspecified atom stereocenters. The number of benzene rings is 2. The van der Waals surface area contributed by atoms with Gasteiger partial charge in [0.15, 0.2) is 0 Å². The van der Waals surface area contributed by atoms with Gasteiger partial charge in [-0.3, -0.25) is 0 Å². The molecule has 0 saturated heterocycles. The summed E-state index contributed by atoms with van der Waals surface area (Å²) in [5.41, 5.74) is 6.78. The summed E-state index contributed by atoms with van der Waals surface area (Å²) >= 11 is 0. The van der Waals surface area contributed by atoms with E-state index < -0.39 is 0 Å². The van der Waals surface area contributed by atoms with Crippen LogP contribution in [0, 0.1) is 0 Å². The maximum Gasteiger partial charge on any atom is 0.127 e. The smallest absolute Gasteiger partial charge is 0.127 e. The summed E-state index contributed by atoms with van der Waals surface area (Å²) in [5.74, 6) is 2.31. The van der Waals surface area contributed by atoms with Crippen LogP contribution in [-0.2, 0) is 6.42 Å². The van der Waals surface area contributed by atoms with Crippen LogP contribution in [-0.4, -0.2) is 24.9 Å². The van der Waals surface area contributed by atoms with Gasteiger partial charge >= 0.3 is 0 Å². The van der Waals surface area contributed by atoms with Gasteiger partial charge in [-0.25, -0.2) is 0 Å². The number of rotatable bonds is 6. The molecular weight excluding hydrogens is 254 g/mol. The maximum absolute atomic E-state index is 8.93. The van der Waals surface area contributed by atoms with Gasteiger partial charge in [-0.05, 0) is 48.4 Å². The Hall–Kier alpha value is -2.04. The van der Waals surface area contributed by atoms with Gasteiger partial charge in [-0.2, -0.15) is 0 Å². The fraction of sp³-hybridized carbons (Fsp3) is 0.250. The summed E-state index contributed by atoms with van der Waals surface area (Å²) < 4.78 is 10.8. The van der Waals surface area contributed by atoms with Crippen molar-refractivity contribution in [2.24, 2.45) is 5.73 Å². The third-order valence-electron chi connectivity index (χ3n) is 2.95. The molecule has 2 rings (SSSR count). The molecule has 4 heteroatoms. The Bertz CT molecular complexity index is 522. The van der Waals surface area contributed by atoms with Crippen molar-refractivity contribution in [3.63, 3.8) is 0 Å². The molecule has 0 amide bonds. The summed E-state index contributed by atoms with van der Waals surface area (Å²) in [5, 5.41) is 8.93. The molecule has 0 aliphatic heterocycles. The van der Waals surface area contributed by atoms with E-state index in [9.17, 15) is 0 Å². The second kappa shape index (κ2) is 6.93. The van der Waals surface area contributed by atoms with Crippen molar-refractivity contribution in [3.8, 4) is 17.2 Å². The molecule has 3 N–H and O–H groups in total. The zero-order valence-electron chi connectivity index (χ0n) is 11.5. The standard InChI is InChI=1S/C16H19NO3/c1-19-14-6-8-16(9-7-14)20-15-4-2-12(3-5-15)10-13(17)11-18/h2-9,13,18H,10-11,17H2,1H3. The topological polar surface area (TPSA) is 64.7 Å². The highest BCUT2D eigenvalue weighted by Crippen LogP contribution is 2.24. The minimum atomic E-state index is -0.219. The second-order valence-corrected chi connectivity index (χ2v) is 4.57. The Balaban J connectivity index is 1.99. The summed E-state index contributed by atoms with van der Waals surface area (Å²) in [6, 6.07) is 14.9. The molecule has 106 valence electrons. The molecule has 0 fully saturated rings. The first-order valence-electron chi connectivity index (χ1n) is 6.48. The monoisotopic (exact) mass is 273 g/mol. The first-order valence-corrected chi connectivity index (χ1v) is 6.48. The van der Waals surface area contributed by atoms with Gasteiger partial charge in [0, 0.05) is 6.04 Å². The third-order valence-corrected chi connectivity index (χ3v) is 2.95. The second-order valence-electron chi connectivity index (χ2n) is 4.57. The minimum absolute atomic E-state index is 0.00982. The van der Waals surface area contributed by atoms with Crippen LogP contribution in [0.25, 0.3) is 0 Å². The minimum Gasteiger partial charge on any atom is -0.497 e. The maximum atomic E-state index is 8.93. The molecule has 0 radical (unpaired) electrons. The normalized spacial score (nSPS) is 11.9. The summed E-state index contributed by atoms with van der Waals surface area (Å²) in [7, 11) is 1.63. The van der Waals surface area contributed by atoms with Gasteiger partial charge in [-0.1, -0.05) is 12.1 Å². The van der Waals surface area contributed by atoms with Gasteiger partial charge in [0.25, 0.3) is 0 Å². The van der Waals surface area contributed by atoms with E-state index in [1.807, 2.05) is 48.5 Å². The average molecular weight is 273 g/mol. The zero-order valence-corrected chi connectivity index (χ0v) is 11.5. The molecule has 20 heavy (non-hydrogen) atoms. The van der Waals surface area contributed by atoms with Crippen LogP contribution in [0.3, 0.4) is 0 Å². The first kappa shape index (κ1) is 14.4. The number of nitrogens with two attached hydrogens (primary N) is 1. The fourth-order valence-corrected chi connectivity index (χ4v) is 1.84. The van der Waals surface area contributed by atoms with Crippen molar-refractivity contribution in [1.82, 2.24) is 0 Å². The Morgan fingerprint density at radius 1 is 0.950 bits per heavy atom. The van der Waals surface area contributed by atoms with E-state index in [4.69, 9.17) is 20.3 Å². The number of hydrogen-bond acceptors (Lipinski definition) is 4. The van der Waals surface area contributed by atoms with Crippen LogP contribution < -0.4 is 15.2 Å². The number of hydrogen-bond donors (Lipinski definition) is 2. The predicted molar refractivity (Wildman–Crippen MR) is 78.3 cm³/mol. The molecule has 0 saturated carbocycles. The largest absolute Gasteiger partial charge is 0.497 e. The van der Waals surface area contributed by atoms with Crippen molar-refractivity contribution in [2.45, 2.75) is 12.5 Å². The summed E-state index contributed by atoms with van der Waals surface area (Å²) in [6.45, 7) is -0.00982. The van der Waals surface area contributed by atoms with Crippen molar-refractivity contribution < 1.29 is 14.6 Å². The summed E-state index contributed by atoms with van der Waals surface area (Å²) in [4.78, 5) is 0. The number of aliphatic hydroxyl groups excluding tert-OH is 1. The molecule has 2 aromatic carbocycles. The summed E-state index contributed by atoms with van der Waals surface area (Å²) in [6.07, 6.45) is 0.652. The Morgan fingerprint density at radius 3 is 1.95 bits per heavy atom. The quantitative estimate of drug-likeness (QED) is 0.848. The predicted octanol–water partition coefficient (Wildman–Crippen LogP) is 2.35. The van der Waals surface area contributed by atoms with E-state index in [-0.39, 0.29) is 12.6 Å². The lowest BCUT2D eigenvalue weighted by Crippen LogP contribution is -2.26. The molecule has 4 nitrogen and oxygen atoms in total. The lowest BCUT2D eigenvalue weighted by Gasteiger charge is -2.10. The van der Waals surface area contributed by atoms with E-state index in [2.05, 4.69) is 0 Å². The Morgan fingerprint density at radius 2 is 1.45 bits per heavy atom. The van der Waals surface area contributed by atoms with E-state index in [0.717, 1.165) is 22.8 Å². The molecule has 0 bridgehead atoms. The number of ether oxygens (including phenoxy) is 2. The zero-order chi connectivity index (χ0) is 14.4. The van der Waals surface area contributed by atoms with E-state index in [0.29, 0.717) is 6.42 Å². The molecule has 0 aliphatic rings. The van der Waals surface area contributed by atoms with Crippen molar-refractivity contribution in [1.29, 1.82) is 0 Å². The van der Waals surface area contributed by atoms with Gasteiger partial charge in [0.05, 0.1) is 13.7 Å². The molecule has 0 heterocycles.